The first-order chi connectivity index (χ1) is 12.1. The predicted octanol–water partition coefficient (Wildman–Crippen LogP) is 2.38. The lowest BCUT2D eigenvalue weighted by Crippen LogP contribution is -2.41. The molecule has 1 aliphatic heterocycles. The molecule has 2 aliphatic rings. The number of piperidine rings is 1. The SMILES string of the molecule is CC(O)C1CCN(C(=O)c2nc(C3CC3)n(-c3ccccc3)n2)CC1. The summed E-state index contributed by atoms with van der Waals surface area (Å²) in [5.74, 6) is 1.78. The Kier molecular flexibility index (Phi) is 4.29. The van der Waals surface area contributed by atoms with Crippen LogP contribution in [0, 0.1) is 5.92 Å². The van der Waals surface area contributed by atoms with Crippen molar-refractivity contribution in [1.82, 2.24) is 19.7 Å². The molecule has 0 spiro atoms. The Morgan fingerprint density at radius 2 is 1.84 bits per heavy atom. The number of carbonyl (C=O) groups excluding carboxylic acids is 1. The third kappa shape index (κ3) is 3.31. The van der Waals surface area contributed by atoms with Crippen LogP contribution in [-0.2, 0) is 0 Å². The molecule has 1 unspecified atom stereocenters. The van der Waals surface area contributed by atoms with Crippen molar-refractivity contribution in [1.29, 1.82) is 0 Å². The third-order valence-corrected chi connectivity index (χ3v) is 5.28. The molecule has 1 atom stereocenters. The second kappa shape index (κ2) is 6.59. The van der Waals surface area contributed by atoms with Gasteiger partial charge in [0.05, 0.1) is 11.8 Å². The number of aliphatic hydroxyl groups is 1. The van der Waals surface area contributed by atoms with Crippen molar-refractivity contribution in [2.75, 3.05) is 13.1 Å². The largest absolute Gasteiger partial charge is 0.393 e. The van der Waals surface area contributed by atoms with E-state index in [1.807, 2.05) is 46.8 Å². The van der Waals surface area contributed by atoms with Crippen LogP contribution in [0.25, 0.3) is 5.69 Å². The molecule has 2 aromatic rings. The lowest BCUT2D eigenvalue weighted by Gasteiger charge is -2.32. The van der Waals surface area contributed by atoms with Gasteiger partial charge >= 0.3 is 0 Å². The molecule has 1 amide bonds. The molecule has 6 nitrogen and oxygen atoms in total. The van der Waals surface area contributed by atoms with E-state index in [9.17, 15) is 9.90 Å². The molecule has 1 N–H and O–H groups in total. The normalized spacial score (nSPS) is 19.8. The molecule has 4 rings (SSSR count). The Morgan fingerprint density at radius 1 is 1.16 bits per heavy atom. The lowest BCUT2D eigenvalue weighted by atomic mass is 9.92. The van der Waals surface area contributed by atoms with Crippen LogP contribution in [-0.4, -0.2) is 49.9 Å². The lowest BCUT2D eigenvalue weighted by molar-refractivity contribution is 0.0512. The number of carbonyl (C=O) groups is 1. The topological polar surface area (TPSA) is 71.2 Å². The van der Waals surface area contributed by atoms with Crippen molar-refractivity contribution in [3.8, 4) is 5.69 Å². The van der Waals surface area contributed by atoms with Crippen LogP contribution in [0.3, 0.4) is 0 Å². The van der Waals surface area contributed by atoms with Gasteiger partial charge in [-0.25, -0.2) is 9.67 Å². The fraction of sp³-hybridized carbons (Fsp3) is 0.526. The molecular formula is C19H24N4O2. The summed E-state index contributed by atoms with van der Waals surface area (Å²) in [5, 5.41) is 14.3. The maximum atomic E-state index is 12.8. The zero-order chi connectivity index (χ0) is 17.4. The van der Waals surface area contributed by atoms with Crippen LogP contribution in [0.4, 0.5) is 0 Å². The van der Waals surface area contributed by atoms with Crippen LogP contribution < -0.4 is 0 Å². The number of likely N-dealkylation sites (tertiary alicyclic amines) is 1. The highest BCUT2D eigenvalue weighted by atomic mass is 16.3. The summed E-state index contributed by atoms with van der Waals surface area (Å²) in [5.41, 5.74) is 0.948. The van der Waals surface area contributed by atoms with Crippen LogP contribution in [0.15, 0.2) is 30.3 Å². The molecule has 132 valence electrons. The van der Waals surface area contributed by atoms with E-state index < -0.39 is 0 Å². The quantitative estimate of drug-likeness (QED) is 0.927. The molecule has 1 aromatic carbocycles. The molecule has 1 saturated carbocycles. The zero-order valence-electron chi connectivity index (χ0n) is 14.5. The van der Waals surface area contributed by atoms with Gasteiger partial charge in [-0.15, -0.1) is 5.10 Å². The van der Waals surface area contributed by atoms with E-state index in [0.29, 0.717) is 24.8 Å². The molecule has 6 heteroatoms. The highest BCUT2D eigenvalue weighted by Gasteiger charge is 2.33. The Balaban J connectivity index is 1.56. The molecule has 2 heterocycles. The minimum absolute atomic E-state index is 0.0966. The molecular weight excluding hydrogens is 316 g/mol. The maximum Gasteiger partial charge on any atom is 0.293 e. The number of aliphatic hydroxyl groups excluding tert-OH is 1. The first-order valence-corrected chi connectivity index (χ1v) is 9.13. The predicted molar refractivity (Wildman–Crippen MR) is 93.6 cm³/mol. The van der Waals surface area contributed by atoms with E-state index >= 15 is 0 Å². The molecule has 1 saturated heterocycles. The number of hydrogen-bond acceptors (Lipinski definition) is 4. The van der Waals surface area contributed by atoms with Gasteiger partial charge in [0.2, 0.25) is 5.82 Å². The maximum absolute atomic E-state index is 12.8. The summed E-state index contributed by atoms with van der Waals surface area (Å²) in [6, 6.07) is 9.88. The highest BCUT2D eigenvalue weighted by Crippen LogP contribution is 2.39. The minimum Gasteiger partial charge on any atom is -0.393 e. The van der Waals surface area contributed by atoms with Crippen molar-refractivity contribution in [3.63, 3.8) is 0 Å². The van der Waals surface area contributed by atoms with E-state index in [-0.39, 0.29) is 17.9 Å². The number of rotatable bonds is 4. The standard InChI is InChI=1S/C19H24N4O2/c1-13(24)14-9-11-22(12-10-14)19(25)17-20-18(15-7-8-15)23(21-17)16-5-3-2-4-6-16/h2-6,13-15,24H,7-12H2,1H3. The minimum atomic E-state index is -0.311. The first-order valence-electron chi connectivity index (χ1n) is 9.13. The molecule has 0 bridgehead atoms. The van der Waals surface area contributed by atoms with Crippen molar-refractivity contribution >= 4 is 5.91 Å². The van der Waals surface area contributed by atoms with Crippen LogP contribution in [0.2, 0.25) is 0 Å². The van der Waals surface area contributed by atoms with Gasteiger partial charge in [-0.1, -0.05) is 18.2 Å². The van der Waals surface area contributed by atoms with Gasteiger partial charge in [-0.2, -0.15) is 0 Å². The van der Waals surface area contributed by atoms with Gasteiger partial charge in [0, 0.05) is 19.0 Å². The van der Waals surface area contributed by atoms with E-state index in [4.69, 9.17) is 0 Å². The number of para-hydroxylation sites is 1. The molecule has 25 heavy (non-hydrogen) atoms. The number of amides is 1. The van der Waals surface area contributed by atoms with Gasteiger partial charge in [-0.3, -0.25) is 4.79 Å². The van der Waals surface area contributed by atoms with Gasteiger partial charge in [-0.05, 0) is 50.7 Å². The average molecular weight is 340 g/mol. The number of nitrogens with zero attached hydrogens (tertiary/aromatic N) is 4. The van der Waals surface area contributed by atoms with Crippen LogP contribution >= 0.6 is 0 Å². The molecule has 1 aliphatic carbocycles. The monoisotopic (exact) mass is 340 g/mol. The van der Waals surface area contributed by atoms with Crippen molar-refractivity contribution < 1.29 is 9.90 Å². The first kappa shape index (κ1) is 16.3. The molecule has 0 radical (unpaired) electrons. The zero-order valence-corrected chi connectivity index (χ0v) is 14.5. The van der Waals surface area contributed by atoms with Crippen LogP contribution in [0.5, 0.6) is 0 Å². The Hall–Kier alpha value is -2.21. The second-order valence-electron chi connectivity index (χ2n) is 7.19. The van der Waals surface area contributed by atoms with Gasteiger partial charge in [0.25, 0.3) is 5.91 Å². The number of aromatic nitrogens is 3. The fourth-order valence-electron chi connectivity index (χ4n) is 3.51. The number of hydrogen-bond donors (Lipinski definition) is 1. The fourth-order valence-corrected chi connectivity index (χ4v) is 3.51. The van der Waals surface area contributed by atoms with Gasteiger partial charge in [0.15, 0.2) is 0 Å². The van der Waals surface area contributed by atoms with Crippen LogP contribution in [0.1, 0.15) is 55.0 Å². The van der Waals surface area contributed by atoms with Gasteiger partial charge in [0.1, 0.15) is 5.82 Å². The summed E-state index contributed by atoms with van der Waals surface area (Å²) in [7, 11) is 0. The summed E-state index contributed by atoms with van der Waals surface area (Å²) in [4.78, 5) is 19.2. The van der Waals surface area contributed by atoms with E-state index in [1.165, 1.54) is 0 Å². The summed E-state index contributed by atoms with van der Waals surface area (Å²) >= 11 is 0. The Labute approximate surface area is 147 Å². The second-order valence-corrected chi connectivity index (χ2v) is 7.19. The van der Waals surface area contributed by atoms with Gasteiger partial charge < -0.3 is 10.0 Å². The Morgan fingerprint density at radius 3 is 2.44 bits per heavy atom. The van der Waals surface area contributed by atoms with Crippen molar-refractivity contribution in [2.24, 2.45) is 5.92 Å². The summed E-state index contributed by atoms with van der Waals surface area (Å²) < 4.78 is 1.83. The summed E-state index contributed by atoms with van der Waals surface area (Å²) in [6.07, 6.45) is 3.57. The Bertz CT molecular complexity index is 744. The smallest absolute Gasteiger partial charge is 0.293 e. The summed E-state index contributed by atoms with van der Waals surface area (Å²) in [6.45, 7) is 3.15. The van der Waals surface area contributed by atoms with E-state index in [1.54, 1.807) is 0 Å². The van der Waals surface area contributed by atoms with E-state index in [0.717, 1.165) is 37.2 Å². The molecule has 2 fully saturated rings. The highest BCUT2D eigenvalue weighted by molar-refractivity contribution is 5.90. The number of benzene rings is 1. The van der Waals surface area contributed by atoms with E-state index in [2.05, 4.69) is 10.1 Å². The van der Waals surface area contributed by atoms with Crippen molar-refractivity contribution in [3.05, 3.63) is 42.0 Å². The molecule has 1 aromatic heterocycles. The average Bonchev–Trinajstić information content (AvgIpc) is 3.40. The third-order valence-electron chi connectivity index (χ3n) is 5.28. The van der Waals surface area contributed by atoms with Crippen molar-refractivity contribution in [2.45, 2.75) is 44.6 Å².